The Kier molecular flexibility index (Phi) is 11.7. The number of thioether (sulfide) groups is 1. The summed E-state index contributed by atoms with van der Waals surface area (Å²) in [6.45, 7) is 8.67. The summed E-state index contributed by atoms with van der Waals surface area (Å²) >= 11 is 5.12. The van der Waals surface area contributed by atoms with Crippen LogP contribution < -0.4 is 43.3 Å². The molecule has 4 nitrogen and oxygen atoms in total. The van der Waals surface area contributed by atoms with Crippen LogP contribution in [-0.4, -0.2) is 16.0 Å². The summed E-state index contributed by atoms with van der Waals surface area (Å²) in [5.41, 5.74) is 7.22. The van der Waals surface area contributed by atoms with Crippen molar-refractivity contribution in [3.63, 3.8) is 0 Å². The smallest absolute Gasteiger partial charge is 0.269 e. The van der Waals surface area contributed by atoms with Crippen LogP contribution in [0.2, 0.25) is 0 Å². The number of nitrogens with zero attached hydrogens (tertiary/aromatic N) is 3. The lowest BCUT2D eigenvalue weighted by atomic mass is 10.1. The molecule has 252 valence electrons. The van der Waals surface area contributed by atoms with Crippen molar-refractivity contribution >= 4 is 57.2 Å². The maximum absolute atomic E-state index is 13.9. The molecular weight excluding hydrogens is 786 g/mol. The molecule has 0 saturated carbocycles. The minimum Gasteiger partial charge on any atom is -1.00 e. The van der Waals surface area contributed by atoms with Crippen LogP contribution in [0.5, 0.6) is 0 Å². The average Bonchev–Trinajstić information content (AvgIpc) is 3.82. The molecule has 8 heteroatoms. The quantitative estimate of drug-likeness (QED) is 0.139. The molecule has 0 radical (unpaired) electrons. The van der Waals surface area contributed by atoms with E-state index in [0.29, 0.717) is 6.54 Å². The molecule has 0 unspecified atom stereocenters. The molecule has 0 aliphatic carbocycles. The summed E-state index contributed by atoms with van der Waals surface area (Å²) in [5, 5.41) is 2.24. The Balaban J connectivity index is 0.00000432. The summed E-state index contributed by atoms with van der Waals surface area (Å²) in [5.74, 6) is 0. The van der Waals surface area contributed by atoms with E-state index in [9.17, 15) is 4.79 Å². The highest BCUT2D eigenvalue weighted by Gasteiger charge is 2.29. The van der Waals surface area contributed by atoms with Gasteiger partial charge in [0.05, 0.1) is 21.3 Å². The predicted molar refractivity (Wildman–Crippen MR) is 210 cm³/mol. The number of benzene rings is 4. The molecule has 2 aromatic heterocycles. The van der Waals surface area contributed by atoms with Crippen LogP contribution in [0.15, 0.2) is 137 Å². The molecule has 0 spiro atoms. The van der Waals surface area contributed by atoms with E-state index in [0.717, 1.165) is 32.3 Å². The predicted octanol–water partition coefficient (Wildman–Crippen LogP) is 5.68. The zero-order valence-corrected chi connectivity index (χ0v) is 32.9. The van der Waals surface area contributed by atoms with E-state index < -0.39 is 0 Å². The van der Waals surface area contributed by atoms with E-state index in [-0.39, 0.29) is 29.5 Å². The molecule has 7 rings (SSSR count). The lowest BCUT2D eigenvalue weighted by Gasteiger charge is -2.21. The maximum Gasteiger partial charge on any atom is 0.269 e. The number of halogens is 1. The van der Waals surface area contributed by atoms with Crippen LogP contribution in [-0.2, 0) is 13.1 Å². The van der Waals surface area contributed by atoms with E-state index in [2.05, 4.69) is 164 Å². The fourth-order valence-corrected chi connectivity index (χ4v) is 9.96. The SMILES string of the molecule is CCN1C(c2ccccc2)=C(c2ccccc2)S/C1=C\C=c1/s/c(=C\c2sc(-c3ccccc3)c(-c3ccccc3)[n+]2CC)n(CC)c1=O.[I-]. The number of thiazole rings is 2. The second kappa shape index (κ2) is 16.4. The number of allylic oxidation sites excluding steroid dienone is 1. The first-order valence-corrected chi connectivity index (χ1v) is 19.2. The van der Waals surface area contributed by atoms with Gasteiger partial charge in [-0.05, 0) is 61.7 Å². The van der Waals surface area contributed by atoms with Gasteiger partial charge >= 0.3 is 0 Å². The van der Waals surface area contributed by atoms with Gasteiger partial charge in [0, 0.05) is 23.6 Å². The van der Waals surface area contributed by atoms with Crippen molar-refractivity contribution in [2.45, 2.75) is 33.9 Å². The van der Waals surface area contributed by atoms with E-state index in [1.54, 1.807) is 34.4 Å². The lowest BCUT2D eigenvalue weighted by molar-refractivity contribution is -0.679. The van der Waals surface area contributed by atoms with Crippen molar-refractivity contribution in [2.75, 3.05) is 6.54 Å². The Bertz CT molecular complexity index is 2330. The standard InChI is InChI=1S/C42H38N3OS3.HI/c1-4-43-35(48-40(32-23-15-9-16-24-32)38(43)30-19-11-7-12-20-30)28-27-34-42(46)45(6-3)37(47-34)29-36-44(5-2)39(31-21-13-8-14-22-31)41(49-36)33-25-17-10-18-26-33;/h7-29H,4-6H2,1-3H3;1H/q+1;/p-1/b34-27-,35-28-;. The van der Waals surface area contributed by atoms with Crippen LogP contribution in [0.1, 0.15) is 36.9 Å². The first kappa shape index (κ1) is 35.9. The largest absolute Gasteiger partial charge is 1.00 e. The van der Waals surface area contributed by atoms with Gasteiger partial charge in [-0.1, -0.05) is 132 Å². The summed E-state index contributed by atoms with van der Waals surface area (Å²) in [7, 11) is 0. The van der Waals surface area contributed by atoms with Crippen LogP contribution in [0.3, 0.4) is 0 Å². The first-order valence-electron chi connectivity index (χ1n) is 16.7. The van der Waals surface area contributed by atoms with Gasteiger partial charge in [-0.15, -0.1) is 11.3 Å². The number of hydrogen-bond donors (Lipinski definition) is 0. The van der Waals surface area contributed by atoms with Crippen molar-refractivity contribution in [1.82, 2.24) is 9.47 Å². The average molecular weight is 824 g/mol. The summed E-state index contributed by atoms with van der Waals surface area (Å²) in [6.07, 6.45) is 6.35. The van der Waals surface area contributed by atoms with Gasteiger partial charge in [0.15, 0.2) is 0 Å². The number of hydrogen-bond acceptors (Lipinski definition) is 5. The minimum absolute atomic E-state index is 0. The molecule has 0 saturated heterocycles. The molecule has 0 bridgehead atoms. The third-order valence-corrected chi connectivity index (χ3v) is 12.0. The molecule has 3 heterocycles. The van der Waals surface area contributed by atoms with Gasteiger partial charge in [0.2, 0.25) is 5.69 Å². The van der Waals surface area contributed by atoms with Crippen molar-refractivity contribution < 1.29 is 28.5 Å². The highest BCUT2D eigenvalue weighted by molar-refractivity contribution is 8.12. The Morgan fingerprint density at radius 2 is 1.22 bits per heavy atom. The highest BCUT2D eigenvalue weighted by atomic mass is 127. The summed E-state index contributed by atoms with van der Waals surface area (Å²) in [6, 6.07) is 42.4. The van der Waals surface area contributed by atoms with Crippen molar-refractivity contribution in [1.29, 1.82) is 0 Å². The molecule has 0 N–H and O–H groups in total. The fraction of sp³-hybridized carbons (Fsp3) is 0.143. The van der Waals surface area contributed by atoms with Crippen LogP contribution in [0.4, 0.5) is 0 Å². The Labute approximate surface area is 323 Å². The van der Waals surface area contributed by atoms with Gasteiger partial charge in [-0.3, -0.25) is 9.36 Å². The van der Waals surface area contributed by atoms with Crippen LogP contribution in [0, 0.1) is 0 Å². The van der Waals surface area contributed by atoms with E-state index >= 15 is 0 Å². The molecule has 1 aliphatic heterocycles. The summed E-state index contributed by atoms with van der Waals surface area (Å²) in [4.78, 5) is 18.7. The van der Waals surface area contributed by atoms with Gasteiger partial charge < -0.3 is 28.9 Å². The van der Waals surface area contributed by atoms with Crippen LogP contribution >= 0.6 is 34.4 Å². The second-order valence-electron chi connectivity index (χ2n) is 11.5. The van der Waals surface area contributed by atoms with Crippen molar-refractivity contribution in [2.24, 2.45) is 0 Å². The Morgan fingerprint density at radius 1 is 0.660 bits per heavy atom. The first-order chi connectivity index (χ1) is 24.1. The van der Waals surface area contributed by atoms with E-state index in [1.165, 1.54) is 43.4 Å². The fourth-order valence-electron chi connectivity index (χ4n) is 6.29. The molecule has 0 atom stereocenters. The molecule has 4 aromatic carbocycles. The number of rotatable bonds is 9. The highest BCUT2D eigenvalue weighted by Crippen LogP contribution is 2.50. The zero-order chi connectivity index (χ0) is 33.7. The van der Waals surface area contributed by atoms with Gasteiger partial charge in [-0.25, -0.2) is 0 Å². The van der Waals surface area contributed by atoms with Gasteiger partial charge in [-0.2, -0.15) is 4.57 Å². The zero-order valence-electron chi connectivity index (χ0n) is 28.3. The number of aromatic nitrogens is 2. The van der Waals surface area contributed by atoms with Crippen molar-refractivity contribution in [3.8, 4) is 21.7 Å². The third-order valence-electron chi connectivity index (χ3n) is 8.59. The van der Waals surface area contributed by atoms with Crippen molar-refractivity contribution in [3.05, 3.63) is 168 Å². The Morgan fingerprint density at radius 3 is 1.78 bits per heavy atom. The van der Waals surface area contributed by atoms with Gasteiger partial charge in [0.25, 0.3) is 10.6 Å². The monoisotopic (exact) mass is 823 g/mol. The molecule has 0 fully saturated rings. The molecular formula is C42H38IN3OS3. The van der Waals surface area contributed by atoms with E-state index in [4.69, 9.17) is 0 Å². The maximum atomic E-state index is 13.9. The van der Waals surface area contributed by atoms with E-state index in [1.807, 2.05) is 10.6 Å². The van der Waals surface area contributed by atoms with Gasteiger partial charge in [0.1, 0.15) is 16.1 Å². The molecule has 1 aliphatic rings. The van der Waals surface area contributed by atoms with Crippen LogP contribution in [0.25, 0.3) is 44.5 Å². The topological polar surface area (TPSA) is 29.1 Å². The lowest BCUT2D eigenvalue weighted by Crippen LogP contribution is -3.00. The second-order valence-corrected chi connectivity index (χ2v) is 14.6. The third kappa shape index (κ3) is 7.12. The Hall–Kier alpha value is -3.96. The molecule has 6 aromatic rings. The molecule has 50 heavy (non-hydrogen) atoms. The molecule has 0 amide bonds. The summed E-state index contributed by atoms with van der Waals surface area (Å²) < 4.78 is 5.98. The normalized spacial score (nSPS) is 14.5. The minimum atomic E-state index is 0.